The van der Waals surface area contributed by atoms with Gasteiger partial charge in [0.2, 0.25) is 0 Å². The molecule has 2 heterocycles. The summed E-state index contributed by atoms with van der Waals surface area (Å²) in [6.07, 6.45) is 3.87. The van der Waals surface area contributed by atoms with Gasteiger partial charge in [-0.05, 0) is 18.4 Å². The van der Waals surface area contributed by atoms with E-state index in [-0.39, 0.29) is 5.92 Å². The molecule has 1 N–H and O–H groups in total. The maximum absolute atomic E-state index is 11.2. The van der Waals surface area contributed by atoms with Gasteiger partial charge in [-0.1, -0.05) is 0 Å². The van der Waals surface area contributed by atoms with Gasteiger partial charge >= 0.3 is 0 Å². The summed E-state index contributed by atoms with van der Waals surface area (Å²) < 4.78 is 22.4. The normalized spacial score (nSPS) is 23.9. The van der Waals surface area contributed by atoms with Crippen molar-refractivity contribution in [3.63, 3.8) is 0 Å². The second-order valence-electron chi connectivity index (χ2n) is 3.74. The van der Waals surface area contributed by atoms with E-state index in [0.29, 0.717) is 18.1 Å². The van der Waals surface area contributed by atoms with Gasteiger partial charge in [0.05, 0.1) is 11.5 Å². The number of aromatic nitrogens is 2. The standard InChI is InChI=1S/C9H13N3O2S/c13-15(14)4-2-8(6-15)5-11-9-1-3-10-7-12-9/h1,3,7-8H,2,4-6H2,(H,10,11,12). The quantitative estimate of drug-likeness (QED) is 0.805. The maximum Gasteiger partial charge on any atom is 0.150 e. The number of sulfone groups is 1. The molecule has 0 radical (unpaired) electrons. The molecule has 1 unspecified atom stereocenters. The summed E-state index contributed by atoms with van der Waals surface area (Å²) >= 11 is 0. The number of nitrogens with zero attached hydrogens (tertiary/aromatic N) is 2. The van der Waals surface area contributed by atoms with Crippen LogP contribution < -0.4 is 5.32 Å². The Hall–Kier alpha value is -1.17. The molecule has 1 aliphatic rings. The first kappa shape index (κ1) is 10.4. The van der Waals surface area contributed by atoms with Crippen LogP contribution in [-0.2, 0) is 9.84 Å². The summed E-state index contributed by atoms with van der Waals surface area (Å²) in [4.78, 5) is 7.81. The molecule has 1 aromatic rings. The summed E-state index contributed by atoms with van der Waals surface area (Å²) in [6, 6.07) is 1.77. The van der Waals surface area contributed by atoms with Crippen molar-refractivity contribution in [3.8, 4) is 0 Å². The maximum atomic E-state index is 11.2. The van der Waals surface area contributed by atoms with Gasteiger partial charge in [-0.15, -0.1) is 0 Å². The van der Waals surface area contributed by atoms with E-state index in [9.17, 15) is 8.42 Å². The van der Waals surface area contributed by atoms with E-state index < -0.39 is 9.84 Å². The molecular weight excluding hydrogens is 214 g/mol. The minimum absolute atomic E-state index is 0.213. The van der Waals surface area contributed by atoms with E-state index >= 15 is 0 Å². The average Bonchev–Trinajstić information content (AvgIpc) is 2.57. The Morgan fingerprint density at radius 2 is 2.40 bits per heavy atom. The second kappa shape index (κ2) is 4.14. The molecule has 0 aromatic carbocycles. The molecule has 6 heteroatoms. The van der Waals surface area contributed by atoms with E-state index in [2.05, 4.69) is 15.3 Å². The molecule has 0 spiro atoms. The van der Waals surface area contributed by atoms with Crippen molar-refractivity contribution in [2.75, 3.05) is 23.4 Å². The van der Waals surface area contributed by atoms with Gasteiger partial charge in [-0.2, -0.15) is 0 Å². The zero-order chi connectivity index (χ0) is 10.7. The van der Waals surface area contributed by atoms with Crippen molar-refractivity contribution in [1.29, 1.82) is 0 Å². The van der Waals surface area contributed by atoms with Crippen LogP contribution in [0.15, 0.2) is 18.6 Å². The van der Waals surface area contributed by atoms with Crippen molar-refractivity contribution in [2.45, 2.75) is 6.42 Å². The van der Waals surface area contributed by atoms with Crippen LogP contribution in [-0.4, -0.2) is 36.4 Å². The lowest BCUT2D eigenvalue weighted by Crippen LogP contribution is -2.16. The summed E-state index contributed by atoms with van der Waals surface area (Å²) in [5.74, 6) is 1.58. The van der Waals surface area contributed by atoms with E-state index in [0.717, 1.165) is 12.2 Å². The first-order valence-electron chi connectivity index (χ1n) is 4.86. The fourth-order valence-electron chi connectivity index (χ4n) is 1.68. The Balaban J connectivity index is 1.85. The molecule has 0 amide bonds. The lowest BCUT2D eigenvalue weighted by molar-refractivity contribution is 0.595. The van der Waals surface area contributed by atoms with Crippen LogP contribution in [0.4, 0.5) is 5.82 Å². The lowest BCUT2D eigenvalue weighted by Gasteiger charge is -2.09. The molecule has 1 saturated heterocycles. The van der Waals surface area contributed by atoms with Crippen LogP contribution in [0, 0.1) is 5.92 Å². The first-order valence-corrected chi connectivity index (χ1v) is 6.68. The van der Waals surface area contributed by atoms with Crippen molar-refractivity contribution >= 4 is 15.7 Å². The highest BCUT2D eigenvalue weighted by molar-refractivity contribution is 7.91. The number of nitrogens with one attached hydrogen (secondary N) is 1. The lowest BCUT2D eigenvalue weighted by atomic mass is 10.1. The molecular formula is C9H13N3O2S. The van der Waals surface area contributed by atoms with E-state index in [1.54, 1.807) is 12.3 Å². The fraction of sp³-hybridized carbons (Fsp3) is 0.556. The fourth-order valence-corrected chi connectivity index (χ4v) is 3.54. The Morgan fingerprint density at radius 3 is 3.00 bits per heavy atom. The third-order valence-corrected chi connectivity index (χ3v) is 4.32. The predicted molar refractivity (Wildman–Crippen MR) is 57.3 cm³/mol. The van der Waals surface area contributed by atoms with Gasteiger partial charge in [-0.3, -0.25) is 0 Å². The second-order valence-corrected chi connectivity index (χ2v) is 5.97. The Kier molecular flexibility index (Phi) is 2.86. The Morgan fingerprint density at radius 1 is 1.53 bits per heavy atom. The molecule has 1 aliphatic heterocycles. The first-order chi connectivity index (χ1) is 7.16. The van der Waals surface area contributed by atoms with Crippen LogP contribution in [0.5, 0.6) is 0 Å². The molecule has 82 valence electrons. The van der Waals surface area contributed by atoms with Gasteiger partial charge in [-0.25, -0.2) is 18.4 Å². The van der Waals surface area contributed by atoms with Crippen LogP contribution >= 0.6 is 0 Å². The molecule has 0 bridgehead atoms. The summed E-state index contributed by atoms with van der Waals surface area (Å²) in [7, 11) is -2.77. The van der Waals surface area contributed by atoms with Gasteiger partial charge < -0.3 is 5.32 Å². The molecule has 1 atom stereocenters. The Bertz CT molecular complexity index is 418. The van der Waals surface area contributed by atoms with Crippen LogP contribution in [0.25, 0.3) is 0 Å². The third-order valence-electron chi connectivity index (χ3n) is 2.48. The van der Waals surface area contributed by atoms with Crippen molar-refractivity contribution in [3.05, 3.63) is 18.6 Å². The number of hydrogen-bond donors (Lipinski definition) is 1. The predicted octanol–water partition coefficient (Wildman–Crippen LogP) is 0.323. The highest BCUT2D eigenvalue weighted by atomic mass is 32.2. The van der Waals surface area contributed by atoms with Gasteiger partial charge in [0.1, 0.15) is 12.1 Å². The van der Waals surface area contributed by atoms with Gasteiger partial charge in [0.25, 0.3) is 0 Å². The highest BCUT2D eigenvalue weighted by Gasteiger charge is 2.27. The smallest absolute Gasteiger partial charge is 0.150 e. The van der Waals surface area contributed by atoms with Crippen molar-refractivity contribution in [1.82, 2.24) is 9.97 Å². The minimum Gasteiger partial charge on any atom is -0.370 e. The SMILES string of the molecule is O=S1(=O)CCC(CNc2ccncn2)C1. The van der Waals surface area contributed by atoms with E-state index in [1.807, 2.05) is 0 Å². The monoisotopic (exact) mass is 227 g/mol. The summed E-state index contributed by atoms with van der Waals surface area (Å²) in [6.45, 7) is 0.663. The number of rotatable bonds is 3. The summed E-state index contributed by atoms with van der Waals surface area (Å²) in [5, 5.41) is 3.11. The molecule has 2 rings (SSSR count). The van der Waals surface area contributed by atoms with E-state index in [4.69, 9.17) is 0 Å². The average molecular weight is 227 g/mol. The molecule has 1 aromatic heterocycles. The van der Waals surface area contributed by atoms with Crippen molar-refractivity contribution in [2.24, 2.45) is 5.92 Å². The molecule has 0 aliphatic carbocycles. The number of anilines is 1. The largest absolute Gasteiger partial charge is 0.370 e. The van der Waals surface area contributed by atoms with Gasteiger partial charge in [0, 0.05) is 12.7 Å². The summed E-state index contributed by atoms with van der Waals surface area (Å²) in [5.41, 5.74) is 0. The Labute approximate surface area is 88.9 Å². The van der Waals surface area contributed by atoms with Crippen LogP contribution in [0.2, 0.25) is 0 Å². The van der Waals surface area contributed by atoms with E-state index in [1.165, 1.54) is 6.33 Å². The molecule has 5 nitrogen and oxygen atoms in total. The zero-order valence-electron chi connectivity index (χ0n) is 8.26. The van der Waals surface area contributed by atoms with Crippen LogP contribution in [0.3, 0.4) is 0 Å². The topological polar surface area (TPSA) is 72.0 Å². The molecule has 0 saturated carbocycles. The van der Waals surface area contributed by atoms with Gasteiger partial charge in [0.15, 0.2) is 9.84 Å². The minimum atomic E-state index is -2.77. The zero-order valence-corrected chi connectivity index (χ0v) is 9.07. The number of hydrogen-bond acceptors (Lipinski definition) is 5. The van der Waals surface area contributed by atoms with Crippen molar-refractivity contribution < 1.29 is 8.42 Å². The highest BCUT2D eigenvalue weighted by Crippen LogP contribution is 2.18. The molecule has 1 fully saturated rings. The molecule has 15 heavy (non-hydrogen) atoms. The third kappa shape index (κ3) is 2.89. The van der Waals surface area contributed by atoms with Crippen LogP contribution in [0.1, 0.15) is 6.42 Å².